The molecule has 1 N–H and O–H groups in total. The van der Waals surface area contributed by atoms with Gasteiger partial charge in [0.15, 0.2) is 5.76 Å². The molecule has 1 aromatic heterocycles. The molecule has 1 saturated heterocycles. The van der Waals surface area contributed by atoms with Crippen LogP contribution < -0.4 is 10.1 Å². The maximum atomic E-state index is 12.5. The molecule has 2 aromatic rings. The molecule has 28 heavy (non-hydrogen) atoms. The van der Waals surface area contributed by atoms with E-state index in [4.69, 9.17) is 9.15 Å². The van der Waals surface area contributed by atoms with Crippen molar-refractivity contribution in [1.29, 1.82) is 0 Å². The highest BCUT2D eigenvalue weighted by molar-refractivity contribution is 7.90. The van der Waals surface area contributed by atoms with Gasteiger partial charge < -0.3 is 14.5 Å². The van der Waals surface area contributed by atoms with Crippen molar-refractivity contribution < 1.29 is 22.4 Å². The highest BCUT2D eigenvalue weighted by Gasteiger charge is 2.24. The number of amides is 1. The lowest BCUT2D eigenvalue weighted by atomic mass is 10.0. The highest BCUT2D eigenvalue weighted by atomic mass is 32.2. The van der Waals surface area contributed by atoms with Crippen LogP contribution >= 0.6 is 0 Å². The number of rotatable bonds is 7. The molecule has 8 heteroatoms. The molecule has 0 saturated carbocycles. The van der Waals surface area contributed by atoms with Gasteiger partial charge in [-0.05, 0) is 55.8 Å². The molecule has 1 unspecified atom stereocenters. The van der Waals surface area contributed by atoms with Crippen LogP contribution in [0, 0.1) is 0 Å². The summed E-state index contributed by atoms with van der Waals surface area (Å²) >= 11 is 0. The lowest BCUT2D eigenvalue weighted by Crippen LogP contribution is -2.40. The Hall–Kier alpha value is -2.32. The zero-order valence-electron chi connectivity index (χ0n) is 16.2. The van der Waals surface area contributed by atoms with E-state index in [1.54, 1.807) is 7.11 Å². The van der Waals surface area contributed by atoms with Gasteiger partial charge in [-0.15, -0.1) is 0 Å². The fraction of sp³-hybridized carbons (Fsp3) is 0.450. The largest absolute Gasteiger partial charge is 0.497 e. The van der Waals surface area contributed by atoms with Crippen LogP contribution in [0.25, 0.3) is 0 Å². The molecular formula is C20H26N2O5S. The van der Waals surface area contributed by atoms with Crippen molar-refractivity contribution in [3.8, 4) is 5.75 Å². The first kappa shape index (κ1) is 20.4. The number of hydrogen-bond donors (Lipinski definition) is 1. The van der Waals surface area contributed by atoms with Gasteiger partial charge in [0.2, 0.25) is 14.9 Å². The van der Waals surface area contributed by atoms with Crippen molar-refractivity contribution in [1.82, 2.24) is 10.2 Å². The number of benzene rings is 1. The third kappa shape index (κ3) is 4.94. The van der Waals surface area contributed by atoms with Gasteiger partial charge in [-0.1, -0.05) is 18.6 Å². The summed E-state index contributed by atoms with van der Waals surface area (Å²) in [5.41, 5.74) is 1.10. The monoisotopic (exact) mass is 406 g/mol. The lowest BCUT2D eigenvalue weighted by molar-refractivity contribution is 0.0892. The Kier molecular flexibility index (Phi) is 6.41. The fourth-order valence-corrected chi connectivity index (χ4v) is 3.99. The molecule has 2 heterocycles. The summed E-state index contributed by atoms with van der Waals surface area (Å²) in [6, 6.07) is 10.6. The van der Waals surface area contributed by atoms with Gasteiger partial charge in [-0.25, -0.2) is 8.42 Å². The van der Waals surface area contributed by atoms with Gasteiger partial charge in [0, 0.05) is 12.8 Å². The molecule has 0 spiro atoms. The third-order valence-corrected chi connectivity index (χ3v) is 5.91. The Morgan fingerprint density at radius 2 is 1.82 bits per heavy atom. The average molecular weight is 407 g/mol. The molecule has 1 atom stereocenters. The number of carbonyl (C=O) groups excluding carboxylic acids is 1. The van der Waals surface area contributed by atoms with Gasteiger partial charge in [-0.2, -0.15) is 0 Å². The van der Waals surface area contributed by atoms with E-state index in [1.165, 1.54) is 18.6 Å². The average Bonchev–Trinajstić information content (AvgIpc) is 3.20. The van der Waals surface area contributed by atoms with E-state index < -0.39 is 15.7 Å². The van der Waals surface area contributed by atoms with Gasteiger partial charge in [0.05, 0.1) is 13.2 Å². The second-order valence-corrected chi connectivity index (χ2v) is 8.93. The standard InChI is InChI=1S/C20H26N2O5S/c1-26-16-8-6-15(7-9-16)17(22-12-4-3-5-13-22)14-21-20(23)18-10-11-19(27-18)28(2,24)25/h6-11,17H,3-5,12-14H2,1-2H3,(H,21,23). The Morgan fingerprint density at radius 3 is 2.39 bits per heavy atom. The van der Waals surface area contributed by atoms with Crippen LogP contribution in [0.3, 0.4) is 0 Å². The fourth-order valence-electron chi connectivity index (χ4n) is 3.43. The van der Waals surface area contributed by atoms with Crippen molar-refractivity contribution in [2.45, 2.75) is 30.4 Å². The Bertz CT molecular complexity index is 899. The topological polar surface area (TPSA) is 88.8 Å². The molecule has 0 aliphatic carbocycles. The van der Waals surface area contributed by atoms with E-state index in [1.807, 2.05) is 24.3 Å². The van der Waals surface area contributed by atoms with E-state index >= 15 is 0 Å². The number of furan rings is 1. The number of sulfone groups is 1. The maximum Gasteiger partial charge on any atom is 0.287 e. The van der Waals surface area contributed by atoms with Crippen molar-refractivity contribution in [2.24, 2.45) is 0 Å². The molecule has 3 rings (SSSR count). The first-order valence-electron chi connectivity index (χ1n) is 9.34. The minimum absolute atomic E-state index is 0.00690. The predicted molar refractivity (Wildman–Crippen MR) is 105 cm³/mol. The summed E-state index contributed by atoms with van der Waals surface area (Å²) < 4.78 is 33.5. The van der Waals surface area contributed by atoms with E-state index in [9.17, 15) is 13.2 Å². The number of nitrogens with zero attached hydrogens (tertiary/aromatic N) is 1. The summed E-state index contributed by atoms with van der Waals surface area (Å²) in [5, 5.41) is 2.68. The molecule has 1 amide bonds. The minimum Gasteiger partial charge on any atom is -0.497 e. The number of ether oxygens (including phenoxy) is 1. The zero-order valence-corrected chi connectivity index (χ0v) is 17.0. The third-order valence-electron chi connectivity index (χ3n) is 4.96. The van der Waals surface area contributed by atoms with Crippen molar-refractivity contribution >= 4 is 15.7 Å². The van der Waals surface area contributed by atoms with E-state index in [-0.39, 0.29) is 16.9 Å². The Labute approximate surface area is 165 Å². The van der Waals surface area contributed by atoms with Crippen LogP contribution in [-0.2, 0) is 9.84 Å². The second-order valence-electron chi connectivity index (χ2n) is 6.99. The summed E-state index contributed by atoms with van der Waals surface area (Å²) in [6.45, 7) is 2.36. The lowest BCUT2D eigenvalue weighted by Gasteiger charge is -2.35. The van der Waals surface area contributed by atoms with E-state index in [0.717, 1.165) is 43.5 Å². The summed E-state index contributed by atoms with van der Waals surface area (Å²) in [6.07, 6.45) is 4.54. The van der Waals surface area contributed by atoms with Gasteiger partial charge in [0.25, 0.3) is 5.91 Å². The summed E-state index contributed by atoms with van der Waals surface area (Å²) in [5.74, 6) is 0.354. The SMILES string of the molecule is COc1ccc(C(CNC(=O)c2ccc(S(C)(=O)=O)o2)N2CCCCC2)cc1. The number of methoxy groups -OCH3 is 1. The van der Waals surface area contributed by atoms with Gasteiger partial charge in [0.1, 0.15) is 5.75 Å². The maximum absolute atomic E-state index is 12.5. The molecule has 0 radical (unpaired) electrons. The normalized spacial score (nSPS) is 16.5. The Morgan fingerprint density at radius 1 is 1.14 bits per heavy atom. The molecule has 0 bridgehead atoms. The Balaban J connectivity index is 1.73. The molecule has 1 aromatic carbocycles. The summed E-state index contributed by atoms with van der Waals surface area (Å²) in [7, 11) is -1.85. The van der Waals surface area contributed by atoms with Crippen LogP contribution in [0.1, 0.15) is 41.4 Å². The number of carbonyl (C=O) groups is 1. The van der Waals surface area contributed by atoms with Gasteiger partial charge >= 0.3 is 0 Å². The number of piperidine rings is 1. The minimum atomic E-state index is -3.48. The van der Waals surface area contributed by atoms with Crippen LogP contribution in [0.2, 0.25) is 0 Å². The van der Waals surface area contributed by atoms with E-state index in [0.29, 0.717) is 6.54 Å². The predicted octanol–water partition coefficient (Wildman–Crippen LogP) is 2.65. The van der Waals surface area contributed by atoms with Crippen LogP contribution in [0.5, 0.6) is 5.75 Å². The van der Waals surface area contributed by atoms with Crippen molar-refractivity contribution in [2.75, 3.05) is 33.0 Å². The van der Waals surface area contributed by atoms with Crippen LogP contribution in [-0.4, -0.2) is 52.2 Å². The molecule has 152 valence electrons. The molecular weight excluding hydrogens is 380 g/mol. The molecule has 1 fully saturated rings. The van der Waals surface area contributed by atoms with Crippen LogP contribution in [0.4, 0.5) is 0 Å². The molecule has 1 aliphatic heterocycles. The first-order chi connectivity index (χ1) is 13.4. The molecule has 7 nitrogen and oxygen atoms in total. The number of nitrogens with one attached hydrogen (secondary N) is 1. The van der Waals surface area contributed by atoms with Crippen LogP contribution in [0.15, 0.2) is 45.9 Å². The summed E-state index contributed by atoms with van der Waals surface area (Å²) in [4.78, 5) is 14.8. The first-order valence-corrected chi connectivity index (χ1v) is 11.2. The highest BCUT2D eigenvalue weighted by Crippen LogP contribution is 2.26. The smallest absolute Gasteiger partial charge is 0.287 e. The van der Waals surface area contributed by atoms with E-state index in [2.05, 4.69) is 10.2 Å². The molecule has 1 aliphatic rings. The number of hydrogen-bond acceptors (Lipinski definition) is 6. The van der Waals surface area contributed by atoms with Crippen molar-refractivity contribution in [3.63, 3.8) is 0 Å². The number of likely N-dealkylation sites (tertiary alicyclic amines) is 1. The quantitative estimate of drug-likeness (QED) is 0.760. The second kappa shape index (κ2) is 8.79. The van der Waals surface area contributed by atoms with Crippen molar-refractivity contribution in [3.05, 3.63) is 47.7 Å². The zero-order chi connectivity index (χ0) is 20.1. The van der Waals surface area contributed by atoms with Gasteiger partial charge in [-0.3, -0.25) is 9.69 Å².